The smallest absolute Gasteiger partial charge is 0.244 e. The van der Waals surface area contributed by atoms with Gasteiger partial charge in [-0.05, 0) is 59.6 Å². The molecule has 0 atom stereocenters. The molecule has 4 rings (SSSR count). The molecule has 29 heavy (non-hydrogen) atoms. The lowest BCUT2D eigenvalue weighted by Crippen LogP contribution is -2.19. The number of amides is 1. The van der Waals surface area contributed by atoms with Gasteiger partial charge in [0.1, 0.15) is 6.54 Å². The number of nitrogens with one attached hydrogen (secondary N) is 2. The van der Waals surface area contributed by atoms with Gasteiger partial charge in [0, 0.05) is 11.9 Å². The highest BCUT2D eigenvalue weighted by molar-refractivity contribution is 7.71. The topological polar surface area (TPSA) is 75.6 Å². The number of benzene rings is 1. The van der Waals surface area contributed by atoms with Crippen LogP contribution in [0.5, 0.6) is 0 Å². The van der Waals surface area contributed by atoms with Gasteiger partial charge in [0.05, 0.1) is 10.6 Å². The lowest BCUT2D eigenvalue weighted by atomic mass is 10.1. The number of nitrogens with zero attached hydrogens (tertiary/aromatic N) is 3. The molecule has 0 saturated heterocycles. The van der Waals surface area contributed by atoms with E-state index < -0.39 is 0 Å². The molecular formula is C21H17N5OS2. The van der Waals surface area contributed by atoms with Crippen molar-refractivity contribution in [2.75, 3.05) is 5.32 Å². The highest BCUT2D eigenvalue weighted by Gasteiger charge is 2.13. The molecule has 0 aliphatic carbocycles. The minimum atomic E-state index is -0.175. The summed E-state index contributed by atoms with van der Waals surface area (Å²) in [5.74, 6) is 0.485. The van der Waals surface area contributed by atoms with Crippen LogP contribution in [0.15, 0.2) is 66.2 Å². The fourth-order valence-electron chi connectivity index (χ4n) is 2.78. The summed E-state index contributed by atoms with van der Waals surface area (Å²) in [7, 11) is 0. The highest BCUT2D eigenvalue weighted by atomic mass is 32.1. The zero-order valence-electron chi connectivity index (χ0n) is 15.3. The molecule has 0 bridgehead atoms. The number of rotatable bonds is 6. The van der Waals surface area contributed by atoms with Crippen LogP contribution in [0.25, 0.3) is 22.9 Å². The van der Waals surface area contributed by atoms with Crippen LogP contribution < -0.4 is 5.32 Å². The van der Waals surface area contributed by atoms with Crippen molar-refractivity contribution < 1.29 is 4.79 Å². The van der Waals surface area contributed by atoms with E-state index in [1.807, 2.05) is 72.1 Å². The molecule has 0 radical (unpaired) electrons. The zero-order chi connectivity index (χ0) is 20.1. The minimum Gasteiger partial charge on any atom is -0.325 e. The number of hydrogen-bond donors (Lipinski definition) is 2. The fraction of sp³-hybridized carbons (Fsp3) is 0.0476. The maximum Gasteiger partial charge on any atom is 0.244 e. The van der Waals surface area contributed by atoms with Crippen LogP contribution in [-0.2, 0) is 11.3 Å². The Kier molecular flexibility index (Phi) is 5.73. The Morgan fingerprint density at radius 3 is 2.90 bits per heavy atom. The lowest BCUT2D eigenvalue weighted by Gasteiger charge is -2.08. The van der Waals surface area contributed by atoms with Gasteiger partial charge in [-0.1, -0.05) is 30.3 Å². The Bertz CT molecular complexity index is 1190. The van der Waals surface area contributed by atoms with E-state index in [0.29, 0.717) is 16.3 Å². The summed E-state index contributed by atoms with van der Waals surface area (Å²) in [6.07, 6.45) is 5.64. The van der Waals surface area contributed by atoms with Crippen LogP contribution in [0.2, 0.25) is 0 Å². The number of pyridine rings is 1. The maximum atomic E-state index is 12.6. The predicted octanol–water partition coefficient (Wildman–Crippen LogP) is 4.87. The molecule has 0 spiro atoms. The van der Waals surface area contributed by atoms with E-state index >= 15 is 0 Å². The number of H-pyrrole nitrogens is 1. The third-order valence-electron chi connectivity index (χ3n) is 4.11. The number of carbonyl (C=O) groups excluding carboxylic acids is 1. The van der Waals surface area contributed by atoms with Crippen LogP contribution in [0.3, 0.4) is 0 Å². The van der Waals surface area contributed by atoms with Crippen LogP contribution in [-0.4, -0.2) is 25.7 Å². The second kappa shape index (κ2) is 8.76. The average molecular weight is 420 g/mol. The molecule has 2 N–H and O–H groups in total. The predicted molar refractivity (Wildman–Crippen MR) is 119 cm³/mol. The van der Waals surface area contributed by atoms with Gasteiger partial charge in [-0.25, -0.2) is 0 Å². The number of aromatic nitrogens is 4. The van der Waals surface area contributed by atoms with E-state index in [0.717, 1.165) is 16.1 Å². The van der Waals surface area contributed by atoms with Crippen molar-refractivity contribution in [2.45, 2.75) is 6.54 Å². The van der Waals surface area contributed by atoms with Gasteiger partial charge in [0.25, 0.3) is 0 Å². The summed E-state index contributed by atoms with van der Waals surface area (Å²) in [6.45, 7) is 0.0799. The molecule has 0 aliphatic rings. The number of anilines is 1. The van der Waals surface area contributed by atoms with Crippen LogP contribution in [0.1, 0.15) is 11.3 Å². The highest BCUT2D eigenvalue weighted by Crippen LogP contribution is 2.23. The monoisotopic (exact) mass is 419 g/mol. The molecule has 3 aromatic heterocycles. The molecule has 3 heterocycles. The normalized spacial score (nSPS) is 11.0. The third kappa shape index (κ3) is 4.74. The Morgan fingerprint density at radius 2 is 2.10 bits per heavy atom. The van der Waals surface area contributed by atoms with Crippen molar-refractivity contribution in [1.29, 1.82) is 0 Å². The molecule has 8 heteroatoms. The third-order valence-corrected chi connectivity index (χ3v) is 5.28. The molecule has 4 aromatic rings. The quantitative estimate of drug-likeness (QED) is 0.437. The maximum absolute atomic E-state index is 12.6. The molecule has 1 amide bonds. The van der Waals surface area contributed by atoms with Gasteiger partial charge in [-0.15, -0.1) is 11.3 Å². The van der Waals surface area contributed by atoms with E-state index in [1.165, 1.54) is 0 Å². The van der Waals surface area contributed by atoms with Crippen molar-refractivity contribution in [3.8, 4) is 10.7 Å². The van der Waals surface area contributed by atoms with Crippen molar-refractivity contribution in [1.82, 2.24) is 19.7 Å². The van der Waals surface area contributed by atoms with Gasteiger partial charge in [0.2, 0.25) is 5.91 Å². The molecule has 0 saturated carbocycles. The second-order valence-electron chi connectivity index (χ2n) is 6.18. The van der Waals surface area contributed by atoms with E-state index in [-0.39, 0.29) is 12.5 Å². The van der Waals surface area contributed by atoms with Crippen molar-refractivity contribution in [3.63, 3.8) is 0 Å². The first-order valence-corrected chi connectivity index (χ1v) is 10.2. The van der Waals surface area contributed by atoms with Crippen molar-refractivity contribution >= 4 is 47.3 Å². The largest absolute Gasteiger partial charge is 0.325 e. The van der Waals surface area contributed by atoms with Gasteiger partial charge in [-0.2, -0.15) is 5.10 Å². The van der Waals surface area contributed by atoms with E-state index in [1.54, 1.807) is 22.1 Å². The first-order valence-electron chi connectivity index (χ1n) is 8.87. The van der Waals surface area contributed by atoms with Gasteiger partial charge in [0.15, 0.2) is 10.6 Å². The standard InChI is InChI=1S/C21H17N5OS2/c27-19(14-26-20(24-25-21(26)28)18-8-4-12-29-18)23-17-7-3-5-15(13-17)9-10-16-6-1-2-11-22-16/h1-13H,14H2,(H,23,27)(H,25,28)/b10-9+. The summed E-state index contributed by atoms with van der Waals surface area (Å²) < 4.78 is 2.11. The van der Waals surface area contributed by atoms with Crippen LogP contribution in [0.4, 0.5) is 5.69 Å². The summed E-state index contributed by atoms with van der Waals surface area (Å²) in [5, 5.41) is 11.9. The summed E-state index contributed by atoms with van der Waals surface area (Å²) in [5.41, 5.74) is 2.55. The average Bonchev–Trinajstić information content (AvgIpc) is 3.38. The van der Waals surface area contributed by atoms with Gasteiger partial charge >= 0.3 is 0 Å². The first kappa shape index (κ1) is 19.0. The summed E-state index contributed by atoms with van der Waals surface area (Å²) >= 11 is 6.83. The van der Waals surface area contributed by atoms with Gasteiger partial charge < -0.3 is 5.32 Å². The van der Waals surface area contributed by atoms with E-state index in [9.17, 15) is 4.79 Å². The molecule has 144 valence electrons. The first-order chi connectivity index (χ1) is 14.2. The molecule has 0 aliphatic heterocycles. The molecular weight excluding hydrogens is 402 g/mol. The van der Waals surface area contributed by atoms with Crippen LogP contribution >= 0.6 is 23.6 Å². The van der Waals surface area contributed by atoms with Gasteiger partial charge in [-0.3, -0.25) is 19.4 Å². The Balaban J connectivity index is 1.47. The molecule has 1 aromatic carbocycles. The SMILES string of the molecule is O=C(Cn1c(-c2cccs2)n[nH]c1=S)Nc1cccc(/C=C/c2ccccn2)c1. The van der Waals surface area contributed by atoms with Crippen molar-refractivity contribution in [3.05, 3.63) is 82.2 Å². The number of aromatic amines is 1. The Labute approximate surface area is 176 Å². The molecule has 0 fully saturated rings. The lowest BCUT2D eigenvalue weighted by molar-refractivity contribution is -0.116. The Morgan fingerprint density at radius 1 is 1.17 bits per heavy atom. The van der Waals surface area contributed by atoms with E-state index in [4.69, 9.17) is 12.2 Å². The van der Waals surface area contributed by atoms with Crippen molar-refractivity contribution in [2.24, 2.45) is 0 Å². The fourth-order valence-corrected chi connectivity index (χ4v) is 3.70. The minimum absolute atomic E-state index is 0.0799. The van der Waals surface area contributed by atoms with Crippen LogP contribution in [0, 0.1) is 4.77 Å². The number of thiophene rings is 1. The molecule has 6 nitrogen and oxygen atoms in total. The zero-order valence-corrected chi connectivity index (χ0v) is 16.9. The van der Waals surface area contributed by atoms with E-state index in [2.05, 4.69) is 20.5 Å². The summed E-state index contributed by atoms with van der Waals surface area (Å²) in [6, 6.07) is 17.3. The number of carbonyl (C=O) groups is 1. The molecule has 0 unspecified atom stereocenters. The second-order valence-corrected chi connectivity index (χ2v) is 7.51. The number of hydrogen-bond acceptors (Lipinski definition) is 5. The summed E-state index contributed by atoms with van der Waals surface area (Å²) in [4.78, 5) is 17.8. The Hall–Kier alpha value is -3.36.